The number of benzene rings is 1. The molecule has 0 aliphatic heterocycles. The molecule has 1 aromatic carbocycles. The summed E-state index contributed by atoms with van der Waals surface area (Å²) in [5.74, 6) is -2.51. The van der Waals surface area contributed by atoms with E-state index in [1.54, 1.807) is 0 Å². The Morgan fingerprint density at radius 2 is 2.05 bits per heavy atom. The number of nitrogens with zero attached hydrogens (tertiary/aromatic N) is 1. The second-order valence-electron chi connectivity index (χ2n) is 3.92. The van der Waals surface area contributed by atoms with Gasteiger partial charge in [-0.2, -0.15) is 0 Å². The van der Waals surface area contributed by atoms with Crippen molar-refractivity contribution in [2.24, 2.45) is 0 Å². The molecule has 1 heterocycles. The first kappa shape index (κ1) is 13.5. The van der Waals surface area contributed by atoms with Crippen LogP contribution >= 0.6 is 0 Å². The Kier molecular flexibility index (Phi) is 3.60. The average Bonchev–Trinajstić information content (AvgIpc) is 2.42. The number of aromatic nitrogens is 1. The van der Waals surface area contributed by atoms with Crippen LogP contribution in [-0.2, 0) is 0 Å². The van der Waals surface area contributed by atoms with Crippen LogP contribution in [0, 0.1) is 5.82 Å². The summed E-state index contributed by atoms with van der Waals surface area (Å²) in [7, 11) is 0. The topological polar surface area (TPSA) is 105 Å². The van der Waals surface area contributed by atoms with Gasteiger partial charge in [-0.25, -0.2) is 9.18 Å². The van der Waals surface area contributed by atoms with Gasteiger partial charge in [0.1, 0.15) is 5.82 Å². The third-order valence-corrected chi connectivity index (χ3v) is 2.54. The van der Waals surface area contributed by atoms with E-state index in [1.165, 1.54) is 24.4 Å². The largest absolute Gasteiger partial charge is 0.478 e. The lowest BCUT2D eigenvalue weighted by Gasteiger charge is -2.08. The molecule has 0 spiro atoms. The van der Waals surface area contributed by atoms with E-state index in [4.69, 9.17) is 10.8 Å². The van der Waals surface area contributed by atoms with Crippen molar-refractivity contribution in [1.29, 1.82) is 0 Å². The normalized spacial score (nSPS) is 10.1. The molecular formula is C13H10FN3O3. The molecule has 2 aromatic rings. The number of nitrogen functional groups attached to an aromatic ring is 1. The smallest absolute Gasteiger partial charge is 0.337 e. The summed E-state index contributed by atoms with van der Waals surface area (Å²) >= 11 is 0. The Bertz CT molecular complexity index is 688. The van der Waals surface area contributed by atoms with Crippen LogP contribution in [0.25, 0.3) is 0 Å². The predicted molar refractivity (Wildman–Crippen MR) is 70.0 cm³/mol. The fraction of sp³-hybridized carbons (Fsp3) is 0. The third-order valence-electron chi connectivity index (χ3n) is 2.54. The molecule has 0 aliphatic carbocycles. The number of carboxylic acids is 1. The molecule has 2 rings (SSSR count). The lowest BCUT2D eigenvalue weighted by Crippen LogP contribution is -2.15. The van der Waals surface area contributed by atoms with Crippen molar-refractivity contribution in [2.75, 3.05) is 11.1 Å². The van der Waals surface area contributed by atoms with Gasteiger partial charge in [0, 0.05) is 6.20 Å². The predicted octanol–water partition coefficient (Wildman–Crippen LogP) is 1.75. The van der Waals surface area contributed by atoms with Gasteiger partial charge >= 0.3 is 5.97 Å². The minimum atomic E-state index is -1.17. The van der Waals surface area contributed by atoms with E-state index < -0.39 is 17.7 Å². The summed E-state index contributed by atoms with van der Waals surface area (Å²) in [4.78, 5) is 26.4. The highest BCUT2D eigenvalue weighted by molar-refractivity contribution is 6.08. The Hall–Kier alpha value is -2.96. The third kappa shape index (κ3) is 2.72. The fourth-order valence-electron chi connectivity index (χ4n) is 1.56. The van der Waals surface area contributed by atoms with Crippen molar-refractivity contribution < 1.29 is 19.1 Å². The van der Waals surface area contributed by atoms with Crippen LogP contribution in [0.1, 0.15) is 20.7 Å². The van der Waals surface area contributed by atoms with E-state index in [-0.39, 0.29) is 22.5 Å². The number of hydrogen-bond acceptors (Lipinski definition) is 4. The van der Waals surface area contributed by atoms with Crippen molar-refractivity contribution in [1.82, 2.24) is 4.98 Å². The maximum absolute atomic E-state index is 13.3. The first-order chi connectivity index (χ1) is 9.49. The number of aromatic carboxylic acids is 1. The number of hydrogen-bond donors (Lipinski definition) is 3. The van der Waals surface area contributed by atoms with Crippen LogP contribution in [0.4, 0.5) is 15.8 Å². The van der Waals surface area contributed by atoms with Gasteiger partial charge < -0.3 is 16.2 Å². The van der Waals surface area contributed by atoms with Crippen LogP contribution in [0.5, 0.6) is 0 Å². The zero-order chi connectivity index (χ0) is 14.7. The highest BCUT2D eigenvalue weighted by Gasteiger charge is 2.13. The molecule has 1 aromatic heterocycles. The molecule has 7 heteroatoms. The number of para-hydroxylation sites is 1. The minimum Gasteiger partial charge on any atom is -0.478 e. The van der Waals surface area contributed by atoms with E-state index in [2.05, 4.69) is 10.3 Å². The van der Waals surface area contributed by atoms with E-state index in [0.717, 1.165) is 12.3 Å². The molecule has 0 aliphatic rings. The van der Waals surface area contributed by atoms with Gasteiger partial charge in [-0.3, -0.25) is 9.78 Å². The molecule has 0 unspecified atom stereocenters. The molecule has 6 nitrogen and oxygen atoms in total. The number of carbonyl (C=O) groups is 2. The van der Waals surface area contributed by atoms with E-state index in [1.807, 2.05) is 0 Å². The maximum atomic E-state index is 13.3. The quantitative estimate of drug-likeness (QED) is 0.740. The first-order valence-corrected chi connectivity index (χ1v) is 5.52. The second kappa shape index (κ2) is 5.35. The number of anilines is 2. The zero-order valence-corrected chi connectivity index (χ0v) is 10.1. The van der Waals surface area contributed by atoms with Crippen molar-refractivity contribution in [3.63, 3.8) is 0 Å². The van der Waals surface area contributed by atoms with Gasteiger partial charge in [0.2, 0.25) is 0 Å². The number of amides is 1. The highest BCUT2D eigenvalue weighted by atomic mass is 19.1. The minimum absolute atomic E-state index is 0.0364. The van der Waals surface area contributed by atoms with Gasteiger partial charge in [0.05, 0.1) is 28.7 Å². The van der Waals surface area contributed by atoms with Gasteiger partial charge in [-0.15, -0.1) is 0 Å². The Morgan fingerprint density at radius 1 is 1.30 bits per heavy atom. The molecule has 0 bridgehead atoms. The molecule has 20 heavy (non-hydrogen) atoms. The second-order valence-corrected chi connectivity index (χ2v) is 3.92. The van der Waals surface area contributed by atoms with E-state index >= 15 is 0 Å². The van der Waals surface area contributed by atoms with Crippen molar-refractivity contribution >= 4 is 23.3 Å². The van der Waals surface area contributed by atoms with Gasteiger partial charge in [-0.05, 0) is 18.2 Å². The Labute approximate surface area is 113 Å². The molecule has 0 saturated heterocycles. The monoisotopic (exact) mass is 275 g/mol. The zero-order valence-electron chi connectivity index (χ0n) is 10.1. The molecule has 0 saturated carbocycles. The number of carbonyl (C=O) groups excluding carboxylic acids is 1. The molecule has 1 amide bonds. The Balaban J connectivity index is 2.26. The number of halogens is 1. The first-order valence-electron chi connectivity index (χ1n) is 5.52. The molecule has 0 radical (unpaired) electrons. The summed E-state index contributed by atoms with van der Waals surface area (Å²) < 4.78 is 13.3. The molecule has 4 N–H and O–H groups in total. The van der Waals surface area contributed by atoms with Crippen molar-refractivity contribution in [3.05, 3.63) is 53.6 Å². The van der Waals surface area contributed by atoms with Gasteiger partial charge in [0.25, 0.3) is 5.91 Å². The summed E-state index contributed by atoms with van der Waals surface area (Å²) in [5.41, 5.74) is 5.27. The van der Waals surface area contributed by atoms with Gasteiger partial charge in [0.15, 0.2) is 0 Å². The number of carboxylic acid groups (broad SMARTS) is 1. The number of nitrogens with two attached hydrogens (primary N) is 1. The van der Waals surface area contributed by atoms with Crippen LogP contribution in [0.15, 0.2) is 36.7 Å². The maximum Gasteiger partial charge on any atom is 0.337 e. The van der Waals surface area contributed by atoms with Crippen LogP contribution < -0.4 is 11.1 Å². The average molecular weight is 275 g/mol. The molecule has 0 atom stereocenters. The van der Waals surface area contributed by atoms with Crippen molar-refractivity contribution in [2.45, 2.75) is 0 Å². The summed E-state index contributed by atoms with van der Waals surface area (Å²) in [6, 6.07) is 5.09. The molecular weight excluding hydrogens is 265 g/mol. The van der Waals surface area contributed by atoms with Crippen LogP contribution in [0.2, 0.25) is 0 Å². The lowest BCUT2D eigenvalue weighted by molar-refractivity contribution is 0.0696. The number of rotatable bonds is 3. The molecule has 0 fully saturated rings. The van der Waals surface area contributed by atoms with Crippen LogP contribution in [-0.4, -0.2) is 22.0 Å². The highest BCUT2D eigenvalue weighted by Crippen LogP contribution is 2.18. The van der Waals surface area contributed by atoms with Gasteiger partial charge in [-0.1, -0.05) is 6.07 Å². The standard InChI is InChI=1S/C13H10FN3O3/c14-10-3-1-2-9(11(10)15)12(18)17-8-4-7(13(19)20)5-16-6-8/h1-6H,15H2,(H,17,18)(H,19,20). The van der Waals surface area contributed by atoms with E-state index in [0.29, 0.717) is 0 Å². The van der Waals surface area contributed by atoms with Crippen molar-refractivity contribution in [3.8, 4) is 0 Å². The SMILES string of the molecule is Nc1c(F)cccc1C(=O)Nc1cncc(C(=O)O)c1. The summed E-state index contributed by atoms with van der Waals surface area (Å²) in [6.45, 7) is 0. The summed E-state index contributed by atoms with van der Waals surface area (Å²) in [6.07, 6.45) is 2.42. The number of nitrogens with one attached hydrogen (secondary N) is 1. The van der Waals surface area contributed by atoms with Crippen LogP contribution in [0.3, 0.4) is 0 Å². The lowest BCUT2D eigenvalue weighted by atomic mass is 10.1. The number of pyridine rings is 1. The fourth-order valence-corrected chi connectivity index (χ4v) is 1.56. The van der Waals surface area contributed by atoms with E-state index in [9.17, 15) is 14.0 Å². The Morgan fingerprint density at radius 3 is 2.75 bits per heavy atom. The summed E-state index contributed by atoms with van der Waals surface area (Å²) in [5, 5.41) is 11.2. The molecule has 102 valence electrons.